The van der Waals surface area contributed by atoms with Crippen molar-refractivity contribution in [2.75, 3.05) is 13.2 Å². The normalized spacial score (nSPS) is 12.8. The minimum absolute atomic E-state index is 0.213. The fraction of sp³-hybridized carbons (Fsp3) is 0.577. The lowest BCUT2D eigenvalue weighted by Gasteiger charge is -2.32. The zero-order valence-electron chi connectivity index (χ0n) is 21.1. The molecule has 0 bridgehead atoms. The number of esters is 2. The molecule has 0 aromatic heterocycles. The Labute approximate surface area is 198 Å². The molecule has 7 heteroatoms. The van der Waals surface area contributed by atoms with Crippen LogP contribution in [0.2, 0.25) is 0 Å². The van der Waals surface area contributed by atoms with Crippen LogP contribution in [0.25, 0.3) is 0 Å². The summed E-state index contributed by atoms with van der Waals surface area (Å²) in [5.41, 5.74) is -0.356. The first-order valence-electron chi connectivity index (χ1n) is 11.4. The van der Waals surface area contributed by atoms with Gasteiger partial charge < -0.3 is 14.2 Å². The highest BCUT2D eigenvalue weighted by atomic mass is 16.6. The number of unbranched alkanes of at least 4 members (excludes halogenated alkanes) is 1. The van der Waals surface area contributed by atoms with Crippen molar-refractivity contribution >= 4 is 18.0 Å². The van der Waals surface area contributed by atoms with Crippen molar-refractivity contribution in [3.63, 3.8) is 0 Å². The molecule has 0 N–H and O–H groups in total. The third-order valence-corrected chi connectivity index (χ3v) is 4.27. The van der Waals surface area contributed by atoms with Gasteiger partial charge in [-0.2, -0.15) is 0 Å². The minimum atomic E-state index is -0.822. The molecule has 0 radical (unpaired) electrons. The summed E-state index contributed by atoms with van der Waals surface area (Å²) >= 11 is 0. The maximum absolute atomic E-state index is 13.0. The van der Waals surface area contributed by atoms with Gasteiger partial charge >= 0.3 is 18.0 Å². The Balaban J connectivity index is 2.98. The van der Waals surface area contributed by atoms with E-state index in [2.05, 4.69) is 0 Å². The molecule has 1 aromatic rings. The Morgan fingerprint density at radius 2 is 1.58 bits per heavy atom. The molecular weight excluding hydrogens is 422 g/mol. The lowest BCUT2D eigenvalue weighted by atomic mass is 10.0. The van der Waals surface area contributed by atoms with Crippen molar-refractivity contribution in [2.45, 2.75) is 85.0 Å². The topological polar surface area (TPSA) is 82.1 Å². The van der Waals surface area contributed by atoms with Gasteiger partial charge in [-0.3, -0.25) is 4.90 Å². The summed E-state index contributed by atoms with van der Waals surface area (Å²) < 4.78 is 16.1. The predicted octanol–water partition coefficient (Wildman–Crippen LogP) is 5.08. The highest BCUT2D eigenvalue weighted by Crippen LogP contribution is 2.17. The second-order valence-electron chi connectivity index (χ2n) is 9.71. The summed E-state index contributed by atoms with van der Waals surface area (Å²) in [7, 11) is 0. The van der Waals surface area contributed by atoms with Crippen molar-refractivity contribution in [2.24, 2.45) is 0 Å². The second-order valence-corrected chi connectivity index (χ2v) is 9.71. The number of allylic oxidation sites excluding steroid dienone is 1. The zero-order chi connectivity index (χ0) is 25.1. The van der Waals surface area contributed by atoms with Gasteiger partial charge in [0, 0.05) is 19.0 Å². The number of nitrogens with zero attached hydrogens (tertiary/aromatic N) is 1. The molecule has 33 heavy (non-hydrogen) atoms. The Morgan fingerprint density at radius 3 is 2.12 bits per heavy atom. The molecule has 0 spiro atoms. The van der Waals surface area contributed by atoms with Gasteiger partial charge in [-0.15, -0.1) is 0 Å². The molecule has 1 aromatic carbocycles. The number of ether oxygens (including phenoxy) is 3. The van der Waals surface area contributed by atoms with Gasteiger partial charge in [-0.1, -0.05) is 36.4 Å². The van der Waals surface area contributed by atoms with E-state index in [1.54, 1.807) is 54.5 Å². The standard InChI is InChI=1S/C26H39NO6/c1-8-31-23(29)21(19-20-15-11-9-12-16-20)27(24(30)33-26(5,6)7)18-14-10-13-17-22(28)32-25(2,3)4/h9,11-13,15-17,21H,8,10,14,18-19H2,1-7H3/b17-13+/t21-/m0/s1. The van der Waals surface area contributed by atoms with Crippen LogP contribution in [-0.2, 0) is 30.2 Å². The lowest BCUT2D eigenvalue weighted by Crippen LogP contribution is -2.49. The van der Waals surface area contributed by atoms with E-state index in [9.17, 15) is 14.4 Å². The maximum Gasteiger partial charge on any atom is 0.411 e. The van der Waals surface area contributed by atoms with Gasteiger partial charge in [-0.25, -0.2) is 14.4 Å². The maximum atomic E-state index is 13.0. The van der Waals surface area contributed by atoms with Crippen molar-refractivity contribution in [3.8, 4) is 0 Å². The summed E-state index contributed by atoms with van der Waals surface area (Å²) in [6.45, 7) is 13.0. The summed E-state index contributed by atoms with van der Waals surface area (Å²) in [4.78, 5) is 39.1. The Hall–Kier alpha value is -2.83. The number of hydrogen-bond acceptors (Lipinski definition) is 6. The van der Waals surface area contributed by atoms with Gasteiger partial charge in [0.15, 0.2) is 0 Å². The smallest absolute Gasteiger partial charge is 0.411 e. The molecule has 1 atom stereocenters. The van der Waals surface area contributed by atoms with Crippen LogP contribution in [0.5, 0.6) is 0 Å². The minimum Gasteiger partial charge on any atom is -0.464 e. The SMILES string of the molecule is CCOC(=O)[C@H](Cc1ccccc1)N(CCC/C=C/C(=O)OC(C)(C)C)C(=O)OC(C)(C)C. The van der Waals surface area contributed by atoms with E-state index in [1.165, 1.54) is 11.0 Å². The molecule has 1 amide bonds. The number of carbonyl (C=O) groups excluding carboxylic acids is 3. The fourth-order valence-corrected chi connectivity index (χ4v) is 2.99. The average Bonchev–Trinajstić information content (AvgIpc) is 2.67. The van der Waals surface area contributed by atoms with Crippen molar-refractivity contribution in [1.82, 2.24) is 4.90 Å². The monoisotopic (exact) mass is 461 g/mol. The van der Waals surface area contributed by atoms with Crippen molar-refractivity contribution in [1.29, 1.82) is 0 Å². The Bertz CT molecular complexity index is 789. The molecule has 0 saturated heterocycles. The first kappa shape index (κ1) is 28.2. The molecule has 0 aliphatic rings. The summed E-state index contributed by atoms with van der Waals surface area (Å²) in [6, 6.07) is 8.66. The molecule has 0 aliphatic carbocycles. The van der Waals surface area contributed by atoms with Crippen LogP contribution in [-0.4, -0.2) is 53.3 Å². The van der Waals surface area contributed by atoms with Gasteiger partial charge in [0.05, 0.1) is 6.61 Å². The van der Waals surface area contributed by atoms with Crippen LogP contribution >= 0.6 is 0 Å². The van der Waals surface area contributed by atoms with Crippen LogP contribution < -0.4 is 0 Å². The molecular formula is C26H39NO6. The molecule has 0 heterocycles. The van der Waals surface area contributed by atoms with Gasteiger partial charge in [0.2, 0.25) is 0 Å². The number of benzene rings is 1. The summed E-state index contributed by atoms with van der Waals surface area (Å²) in [5.74, 6) is -0.892. The second kappa shape index (κ2) is 13.0. The lowest BCUT2D eigenvalue weighted by molar-refractivity contribution is -0.149. The summed E-state index contributed by atoms with van der Waals surface area (Å²) in [6.07, 6.45) is 3.89. The third kappa shape index (κ3) is 12.1. The highest BCUT2D eigenvalue weighted by molar-refractivity contribution is 5.82. The van der Waals surface area contributed by atoms with E-state index in [-0.39, 0.29) is 13.2 Å². The third-order valence-electron chi connectivity index (χ3n) is 4.27. The van der Waals surface area contributed by atoms with E-state index in [0.717, 1.165) is 5.56 Å². The number of amides is 1. The first-order chi connectivity index (χ1) is 15.3. The molecule has 0 unspecified atom stereocenters. The van der Waals surface area contributed by atoms with Gasteiger partial charge in [-0.05, 0) is 66.9 Å². The zero-order valence-corrected chi connectivity index (χ0v) is 21.1. The van der Waals surface area contributed by atoms with Gasteiger partial charge in [0.25, 0.3) is 0 Å². The molecule has 7 nitrogen and oxygen atoms in total. The van der Waals surface area contributed by atoms with Crippen LogP contribution in [0.4, 0.5) is 4.79 Å². The molecule has 1 rings (SSSR count). The quantitative estimate of drug-likeness (QED) is 0.209. The van der Waals surface area contributed by atoms with Crippen LogP contribution in [0.15, 0.2) is 42.5 Å². The van der Waals surface area contributed by atoms with E-state index in [4.69, 9.17) is 14.2 Å². The van der Waals surface area contributed by atoms with E-state index in [0.29, 0.717) is 19.3 Å². The predicted molar refractivity (Wildman–Crippen MR) is 128 cm³/mol. The van der Waals surface area contributed by atoms with Crippen molar-refractivity contribution in [3.05, 3.63) is 48.0 Å². The molecule has 0 saturated carbocycles. The van der Waals surface area contributed by atoms with Crippen LogP contribution in [0.1, 0.15) is 66.9 Å². The van der Waals surface area contributed by atoms with E-state index < -0.39 is 35.3 Å². The van der Waals surface area contributed by atoms with E-state index in [1.807, 2.05) is 30.3 Å². The van der Waals surface area contributed by atoms with Crippen LogP contribution in [0.3, 0.4) is 0 Å². The summed E-state index contributed by atoms with van der Waals surface area (Å²) in [5, 5.41) is 0. The largest absolute Gasteiger partial charge is 0.464 e. The molecule has 0 fully saturated rings. The van der Waals surface area contributed by atoms with Crippen LogP contribution in [0, 0.1) is 0 Å². The Morgan fingerprint density at radius 1 is 0.970 bits per heavy atom. The highest BCUT2D eigenvalue weighted by Gasteiger charge is 2.33. The number of rotatable bonds is 10. The molecule has 184 valence electrons. The molecule has 0 aliphatic heterocycles. The first-order valence-corrected chi connectivity index (χ1v) is 11.4. The Kier molecular flexibility index (Phi) is 11.1. The van der Waals surface area contributed by atoms with Gasteiger partial charge in [0.1, 0.15) is 17.2 Å². The van der Waals surface area contributed by atoms with E-state index >= 15 is 0 Å². The van der Waals surface area contributed by atoms with Crippen molar-refractivity contribution < 1.29 is 28.6 Å². The number of carbonyl (C=O) groups is 3. The average molecular weight is 462 g/mol. The fourth-order valence-electron chi connectivity index (χ4n) is 2.99. The number of hydrogen-bond donors (Lipinski definition) is 0.